The van der Waals surface area contributed by atoms with E-state index in [0.717, 1.165) is 15.2 Å². The lowest BCUT2D eigenvalue weighted by molar-refractivity contribution is -0.139. The number of anilines is 1. The summed E-state index contributed by atoms with van der Waals surface area (Å²) in [6.07, 6.45) is 0. The minimum absolute atomic E-state index is 0.180. The van der Waals surface area contributed by atoms with Gasteiger partial charge in [0.25, 0.3) is 11.8 Å². The second kappa shape index (κ2) is 9.89. The Hall–Kier alpha value is -3.39. The van der Waals surface area contributed by atoms with E-state index in [1.807, 2.05) is 30.3 Å². The molecule has 0 radical (unpaired) electrons. The third-order valence-electron chi connectivity index (χ3n) is 4.17. The van der Waals surface area contributed by atoms with Gasteiger partial charge in [0, 0.05) is 15.7 Å². The lowest BCUT2D eigenvalue weighted by Gasteiger charge is -2.10. The number of ether oxygens (including phenoxy) is 2. The second-order valence-electron chi connectivity index (χ2n) is 6.33. The summed E-state index contributed by atoms with van der Waals surface area (Å²) in [5.74, 6) is -0.782. The van der Waals surface area contributed by atoms with Gasteiger partial charge in [-0.1, -0.05) is 34.1 Å². The Kier molecular flexibility index (Phi) is 7.03. The van der Waals surface area contributed by atoms with E-state index in [1.165, 1.54) is 13.2 Å². The van der Waals surface area contributed by atoms with Gasteiger partial charge in [0.15, 0.2) is 6.61 Å². The van der Waals surface area contributed by atoms with Crippen molar-refractivity contribution in [3.63, 3.8) is 0 Å². The van der Waals surface area contributed by atoms with Crippen LogP contribution in [0, 0.1) is 0 Å². The topological polar surface area (TPSA) is 93.7 Å². The molecular formula is C22H19BrN2O5. The smallest absolute Gasteiger partial charge is 0.325 e. The molecule has 0 aliphatic heterocycles. The van der Waals surface area contributed by atoms with Gasteiger partial charge in [-0.25, -0.2) is 0 Å². The van der Waals surface area contributed by atoms with Crippen LogP contribution in [0.15, 0.2) is 65.1 Å². The van der Waals surface area contributed by atoms with Crippen molar-refractivity contribution in [3.05, 3.63) is 70.7 Å². The molecule has 0 atom stereocenters. The molecule has 2 amide bonds. The first-order valence-electron chi connectivity index (χ1n) is 9.01. The minimum atomic E-state index is -0.550. The summed E-state index contributed by atoms with van der Waals surface area (Å²) < 4.78 is 11.0. The molecule has 2 N–H and O–H groups in total. The Bertz CT molecular complexity index is 1100. The molecule has 3 aromatic rings. The van der Waals surface area contributed by atoms with Crippen molar-refractivity contribution in [3.8, 4) is 5.75 Å². The van der Waals surface area contributed by atoms with E-state index < -0.39 is 11.9 Å². The van der Waals surface area contributed by atoms with Gasteiger partial charge in [0.1, 0.15) is 12.3 Å². The van der Waals surface area contributed by atoms with Crippen molar-refractivity contribution in [1.82, 2.24) is 5.32 Å². The summed E-state index contributed by atoms with van der Waals surface area (Å²) in [6.45, 7) is -0.413. The summed E-state index contributed by atoms with van der Waals surface area (Å²) in [5, 5.41) is 7.19. The normalized spacial score (nSPS) is 10.3. The molecule has 8 heteroatoms. The van der Waals surface area contributed by atoms with Crippen LogP contribution in [0.4, 0.5) is 5.69 Å². The van der Waals surface area contributed by atoms with Gasteiger partial charge in [-0.3, -0.25) is 14.4 Å². The highest BCUT2D eigenvalue weighted by Crippen LogP contribution is 2.24. The number of methoxy groups -OCH3 is 1. The number of carbonyl (C=O) groups is 3. The first-order chi connectivity index (χ1) is 14.4. The molecular weight excluding hydrogens is 452 g/mol. The van der Waals surface area contributed by atoms with Crippen LogP contribution in [-0.4, -0.2) is 38.0 Å². The maximum atomic E-state index is 12.2. The van der Waals surface area contributed by atoms with Gasteiger partial charge in [-0.2, -0.15) is 0 Å². The molecule has 7 nitrogen and oxygen atoms in total. The van der Waals surface area contributed by atoms with E-state index >= 15 is 0 Å². The van der Waals surface area contributed by atoms with Crippen LogP contribution in [0.1, 0.15) is 10.4 Å². The lowest BCUT2D eigenvalue weighted by atomic mass is 10.1. The molecule has 3 rings (SSSR count). The fourth-order valence-electron chi connectivity index (χ4n) is 2.70. The summed E-state index contributed by atoms with van der Waals surface area (Å²) in [4.78, 5) is 35.4. The summed E-state index contributed by atoms with van der Waals surface area (Å²) in [7, 11) is 1.24. The number of carbonyl (C=O) groups excluding carboxylic acids is 3. The average Bonchev–Trinajstić information content (AvgIpc) is 2.75. The zero-order valence-electron chi connectivity index (χ0n) is 16.1. The summed E-state index contributed by atoms with van der Waals surface area (Å²) >= 11 is 3.43. The molecule has 0 aliphatic rings. The van der Waals surface area contributed by atoms with Crippen LogP contribution in [0.3, 0.4) is 0 Å². The van der Waals surface area contributed by atoms with E-state index in [9.17, 15) is 14.4 Å². The number of esters is 1. The van der Waals surface area contributed by atoms with E-state index in [2.05, 4.69) is 31.3 Å². The van der Waals surface area contributed by atoms with E-state index in [-0.39, 0.29) is 19.1 Å². The summed E-state index contributed by atoms with van der Waals surface area (Å²) in [5.41, 5.74) is 0.746. The Balaban J connectivity index is 1.56. The largest absolute Gasteiger partial charge is 0.484 e. The summed E-state index contributed by atoms with van der Waals surface area (Å²) in [6, 6.07) is 17.9. The maximum absolute atomic E-state index is 12.2. The van der Waals surface area contributed by atoms with Crippen LogP contribution in [0.5, 0.6) is 5.75 Å². The van der Waals surface area contributed by atoms with E-state index in [4.69, 9.17) is 4.74 Å². The number of hydrogen-bond acceptors (Lipinski definition) is 5. The number of rotatable bonds is 7. The molecule has 154 valence electrons. The van der Waals surface area contributed by atoms with Gasteiger partial charge >= 0.3 is 5.97 Å². The second-order valence-corrected chi connectivity index (χ2v) is 7.25. The first kappa shape index (κ1) is 21.3. The molecule has 0 saturated carbocycles. The Morgan fingerprint density at radius 3 is 2.53 bits per heavy atom. The fraction of sp³-hybridized carbons (Fsp3) is 0.136. The van der Waals surface area contributed by atoms with Crippen molar-refractivity contribution in [2.24, 2.45) is 0 Å². The SMILES string of the molecule is COC(=O)CNC(=O)c1cccc(NC(=O)COc2ccc3cc(Br)ccc3c2)c1. The monoisotopic (exact) mass is 470 g/mol. The molecule has 0 spiro atoms. The highest BCUT2D eigenvalue weighted by molar-refractivity contribution is 9.10. The zero-order chi connectivity index (χ0) is 21.5. The standard InChI is InChI=1S/C22H19BrN2O5/c1-29-21(27)12-24-22(28)16-3-2-4-18(10-16)25-20(26)13-30-19-8-6-14-9-17(23)7-5-15(14)11-19/h2-11H,12-13H2,1H3,(H,24,28)(H,25,26). The zero-order valence-corrected chi connectivity index (χ0v) is 17.7. The molecule has 30 heavy (non-hydrogen) atoms. The molecule has 3 aromatic carbocycles. The van der Waals surface area contributed by atoms with Crippen molar-refractivity contribution in [2.75, 3.05) is 25.6 Å². The third-order valence-corrected chi connectivity index (χ3v) is 4.67. The molecule has 0 bridgehead atoms. The third kappa shape index (κ3) is 5.81. The highest BCUT2D eigenvalue weighted by Gasteiger charge is 2.10. The molecule has 0 fully saturated rings. The van der Waals surface area contributed by atoms with Crippen LogP contribution < -0.4 is 15.4 Å². The predicted octanol–water partition coefficient (Wildman–Crippen LogP) is 3.52. The molecule has 0 aromatic heterocycles. The van der Waals surface area contributed by atoms with Crippen LogP contribution in [0.2, 0.25) is 0 Å². The Morgan fingerprint density at radius 2 is 1.73 bits per heavy atom. The number of benzene rings is 3. The highest BCUT2D eigenvalue weighted by atomic mass is 79.9. The van der Waals surface area contributed by atoms with E-state index in [0.29, 0.717) is 17.0 Å². The quantitative estimate of drug-likeness (QED) is 0.515. The number of halogens is 1. The number of amides is 2. The van der Waals surface area contributed by atoms with Crippen molar-refractivity contribution >= 4 is 50.2 Å². The van der Waals surface area contributed by atoms with Gasteiger partial charge in [0.05, 0.1) is 7.11 Å². The van der Waals surface area contributed by atoms with Gasteiger partial charge < -0.3 is 20.1 Å². The van der Waals surface area contributed by atoms with Crippen LogP contribution >= 0.6 is 15.9 Å². The van der Waals surface area contributed by atoms with Crippen molar-refractivity contribution < 1.29 is 23.9 Å². The number of fused-ring (bicyclic) bond motifs is 1. The molecule has 0 heterocycles. The number of hydrogen-bond donors (Lipinski definition) is 2. The van der Waals surface area contributed by atoms with Gasteiger partial charge in [0.2, 0.25) is 0 Å². The van der Waals surface area contributed by atoms with Crippen LogP contribution in [-0.2, 0) is 14.3 Å². The van der Waals surface area contributed by atoms with Gasteiger partial charge in [-0.05, 0) is 53.2 Å². The first-order valence-corrected chi connectivity index (χ1v) is 9.81. The van der Waals surface area contributed by atoms with Crippen molar-refractivity contribution in [2.45, 2.75) is 0 Å². The van der Waals surface area contributed by atoms with Crippen LogP contribution in [0.25, 0.3) is 10.8 Å². The minimum Gasteiger partial charge on any atom is -0.484 e. The maximum Gasteiger partial charge on any atom is 0.325 e. The molecule has 0 unspecified atom stereocenters. The Labute approximate surface area is 181 Å². The fourth-order valence-corrected chi connectivity index (χ4v) is 3.07. The predicted molar refractivity (Wildman–Crippen MR) is 117 cm³/mol. The van der Waals surface area contributed by atoms with E-state index in [1.54, 1.807) is 24.3 Å². The average molecular weight is 471 g/mol. The lowest BCUT2D eigenvalue weighted by Crippen LogP contribution is -2.30. The van der Waals surface area contributed by atoms with Gasteiger partial charge in [-0.15, -0.1) is 0 Å². The molecule has 0 saturated heterocycles. The molecule has 0 aliphatic carbocycles. The Morgan fingerprint density at radius 1 is 0.967 bits per heavy atom. The van der Waals surface area contributed by atoms with Crippen molar-refractivity contribution in [1.29, 1.82) is 0 Å². The number of nitrogens with one attached hydrogen (secondary N) is 2.